The molecule has 0 heterocycles. The van der Waals surface area contributed by atoms with Gasteiger partial charge in [-0.2, -0.15) is 0 Å². The summed E-state index contributed by atoms with van der Waals surface area (Å²) in [5, 5.41) is 2.89. The molecule has 0 saturated heterocycles. The summed E-state index contributed by atoms with van der Waals surface area (Å²) in [6, 6.07) is 0. The Labute approximate surface area is 66.9 Å². The summed E-state index contributed by atoms with van der Waals surface area (Å²) >= 11 is 5.80. The average Bonchev–Trinajstić information content (AvgIpc) is 1.87. The maximum absolute atomic E-state index is 10.4. The maximum atomic E-state index is 10.4. The SMILES string of the molecule is CCC(Cl)CCNC(C)=O. The third-order valence-electron chi connectivity index (χ3n) is 1.27. The van der Waals surface area contributed by atoms with Crippen LogP contribution in [0.5, 0.6) is 0 Å². The fraction of sp³-hybridized carbons (Fsp3) is 0.857. The van der Waals surface area contributed by atoms with E-state index in [1.165, 1.54) is 6.92 Å². The standard InChI is InChI=1S/C7H14ClNO/c1-3-7(8)4-5-9-6(2)10/h7H,3-5H2,1-2H3,(H,9,10). The Kier molecular flexibility index (Phi) is 5.40. The van der Waals surface area contributed by atoms with Gasteiger partial charge in [-0.3, -0.25) is 4.79 Å². The molecular formula is C7H14ClNO. The largest absolute Gasteiger partial charge is 0.356 e. The molecule has 0 radical (unpaired) electrons. The zero-order valence-electron chi connectivity index (χ0n) is 6.48. The van der Waals surface area contributed by atoms with Gasteiger partial charge in [-0.05, 0) is 12.8 Å². The second-order valence-electron chi connectivity index (χ2n) is 2.28. The number of hydrogen-bond acceptors (Lipinski definition) is 1. The van der Waals surface area contributed by atoms with Crippen LogP contribution in [0.25, 0.3) is 0 Å². The molecule has 0 aromatic carbocycles. The number of halogens is 1. The van der Waals surface area contributed by atoms with Crippen LogP contribution < -0.4 is 5.32 Å². The summed E-state index contributed by atoms with van der Waals surface area (Å²) in [6.07, 6.45) is 1.82. The van der Waals surface area contributed by atoms with E-state index in [-0.39, 0.29) is 11.3 Å². The van der Waals surface area contributed by atoms with E-state index in [1.807, 2.05) is 6.92 Å². The smallest absolute Gasteiger partial charge is 0.216 e. The minimum atomic E-state index is 0.0139. The summed E-state index contributed by atoms with van der Waals surface area (Å²) in [6.45, 7) is 4.23. The first-order valence-electron chi connectivity index (χ1n) is 3.55. The number of hydrogen-bond donors (Lipinski definition) is 1. The van der Waals surface area contributed by atoms with Crippen molar-refractivity contribution in [3.05, 3.63) is 0 Å². The van der Waals surface area contributed by atoms with Gasteiger partial charge in [0, 0.05) is 18.8 Å². The van der Waals surface area contributed by atoms with Gasteiger partial charge in [0.15, 0.2) is 0 Å². The molecule has 0 spiro atoms. The third-order valence-corrected chi connectivity index (χ3v) is 1.80. The Bertz CT molecular complexity index is 106. The highest BCUT2D eigenvalue weighted by atomic mass is 35.5. The van der Waals surface area contributed by atoms with Crippen LogP contribution in [0.3, 0.4) is 0 Å². The van der Waals surface area contributed by atoms with Gasteiger partial charge < -0.3 is 5.32 Å². The Balaban J connectivity index is 3.11. The predicted octanol–water partition coefficient (Wildman–Crippen LogP) is 1.53. The number of alkyl halides is 1. The molecule has 1 unspecified atom stereocenters. The number of carbonyl (C=O) groups is 1. The molecule has 0 aliphatic carbocycles. The van der Waals surface area contributed by atoms with E-state index in [1.54, 1.807) is 0 Å². The lowest BCUT2D eigenvalue weighted by Gasteiger charge is -2.05. The molecule has 0 fully saturated rings. The number of nitrogens with one attached hydrogen (secondary N) is 1. The second kappa shape index (κ2) is 5.54. The molecule has 3 heteroatoms. The normalized spacial score (nSPS) is 12.7. The molecule has 10 heavy (non-hydrogen) atoms. The highest BCUT2D eigenvalue weighted by molar-refractivity contribution is 6.20. The van der Waals surface area contributed by atoms with Crippen LogP contribution in [0.4, 0.5) is 0 Å². The van der Waals surface area contributed by atoms with Crippen LogP contribution >= 0.6 is 11.6 Å². The first kappa shape index (κ1) is 9.76. The van der Waals surface area contributed by atoms with E-state index >= 15 is 0 Å². The summed E-state index contributed by atoms with van der Waals surface area (Å²) in [5.74, 6) is 0.0139. The van der Waals surface area contributed by atoms with E-state index in [0.29, 0.717) is 6.54 Å². The molecule has 0 aliphatic rings. The molecule has 1 N–H and O–H groups in total. The lowest BCUT2D eigenvalue weighted by atomic mass is 10.2. The minimum Gasteiger partial charge on any atom is -0.356 e. The lowest BCUT2D eigenvalue weighted by Crippen LogP contribution is -2.22. The van der Waals surface area contributed by atoms with Crippen LogP contribution in [0, 0.1) is 0 Å². The Morgan fingerprint density at radius 3 is 2.70 bits per heavy atom. The van der Waals surface area contributed by atoms with Crippen molar-refractivity contribution in [1.29, 1.82) is 0 Å². The van der Waals surface area contributed by atoms with Crippen molar-refractivity contribution in [3.63, 3.8) is 0 Å². The van der Waals surface area contributed by atoms with Gasteiger partial charge in [0.25, 0.3) is 0 Å². The monoisotopic (exact) mass is 163 g/mol. The lowest BCUT2D eigenvalue weighted by molar-refractivity contribution is -0.118. The van der Waals surface area contributed by atoms with Gasteiger partial charge in [-0.15, -0.1) is 11.6 Å². The first-order valence-corrected chi connectivity index (χ1v) is 3.99. The maximum Gasteiger partial charge on any atom is 0.216 e. The van der Waals surface area contributed by atoms with Crippen molar-refractivity contribution < 1.29 is 4.79 Å². The predicted molar refractivity (Wildman–Crippen MR) is 43.2 cm³/mol. The van der Waals surface area contributed by atoms with Crippen LogP contribution in [-0.2, 0) is 4.79 Å². The Morgan fingerprint density at radius 2 is 2.30 bits per heavy atom. The molecule has 0 aliphatic heterocycles. The van der Waals surface area contributed by atoms with Crippen LogP contribution in [-0.4, -0.2) is 17.8 Å². The second-order valence-corrected chi connectivity index (χ2v) is 2.89. The molecule has 2 nitrogen and oxygen atoms in total. The highest BCUT2D eigenvalue weighted by Crippen LogP contribution is 2.04. The number of rotatable bonds is 4. The van der Waals surface area contributed by atoms with Gasteiger partial charge in [-0.1, -0.05) is 6.92 Å². The molecule has 0 saturated carbocycles. The van der Waals surface area contributed by atoms with Crippen LogP contribution in [0.1, 0.15) is 26.7 Å². The molecule has 0 bridgehead atoms. The molecular weight excluding hydrogens is 150 g/mol. The van der Waals surface area contributed by atoms with Gasteiger partial charge >= 0.3 is 0 Å². The van der Waals surface area contributed by atoms with E-state index in [0.717, 1.165) is 12.8 Å². The molecule has 0 aromatic heterocycles. The summed E-state index contributed by atoms with van der Waals surface area (Å²) < 4.78 is 0. The highest BCUT2D eigenvalue weighted by Gasteiger charge is 1.99. The molecule has 1 amide bonds. The van der Waals surface area contributed by atoms with Gasteiger partial charge in [0.1, 0.15) is 0 Å². The fourth-order valence-electron chi connectivity index (χ4n) is 0.609. The molecule has 0 rings (SSSR count). The van der Waals surface area contributed by atoms with Crippen molar-refractivity contribution in [3.8, 4) is 0 Å². The quantitative estimate of drug-likeness (QED) is 0.626. The van der Waals surface area contributed by atoms with E-state index in [4.69, 9.17) is 11.6 Å². The zero-order valence-corrected chi connectivity index (χ0v) is 7.24. The van der Waals surface area contributed by atoms with Crippen LogP contribution in [0.15, 0.2) is 0 Å². The first-order chi connectivity index (χ1) is 4.66. The zero-order chi connectivity index (χ0) is 7.98. The van der Waals surface area contributed by atoms with E-state index in [9.17, 15) is 4.79 Å². The topological polar surface area (TPSA) is 29.1 Å². The van der Waals surface area contributed by atoms with Crippen molar-refractivity contribution in [2.24, 2.45) is 0 Å². The van der Waals surface area contributed by atoms with Gasteiger partial charge in [0.05, 0.1) is 0 Å². The van der Waals surface area contributed by atoms with Crippen molar-refractivity contribution in [2.45, 2.75) is 32.1 Å². The Morgan fingerprint density at radius 1 is 1.70 bits per heavy atom. The Hall–Kier alpha value is -0.240. The fourth-order valence-corrected chi connectivity index (χ4v) is 0.718. The summed E-state index contributed by atoms with van der Waals surface area (Å²) in [7, 11) is 0. The summed E-state index contributed by atoms with van der Waals surface area (Å²) in [4.78, 5) is 10.4. The molecule has 0 aromatic rings. The van der Waals surface area contributed by atoms with E-state index < -0.39 is 0 Å². The third kappa shape index (κ3) is 5.89. The molecule has 1 atom stereocenters. The van der Waals surface area contributed by atoms with Crippen molar-refractivity contribution in [2.75, 3.05) is 6.54 Å². The van der Waals surface area contributed by atoms with Crippen LogP contribution in [0.2, 0.25) is 0 Å². The van der Waals surface area contributed by atoms with Gasteiger partial charge in [-0.25, -0.2) is 0 Å². The number of carbonyl (C=O) groups excluding carboxylic acids is 1. The average molecular weight is 164 g/mol. The number of amides is 1. The summed E-state index contributed by atoms with van der Waals surface area (Å²) in [5.41, 5.74) is 0. The van der Waals surface area contributed by atoms with Crippen molar-refractivity contribution in [1.82, 2.24) is 5.32 Å². The molecule has 60 valence electrons. The van der Waals surface area contributed by atoms with E-state index in [2.05, 4.69) is 5.32 Å². The van der Waals surface area contributed by atoms with Crippen molar-refractivity contribution >= 4 is 17.5 Å². The minimum absolute atomic E-state index is 0.0139. The van der Waals surface area contributed by atoms with Gasteiger partial charge in [0.2, 0.25) is 5.91 Å².